The van der Waals surface area contributed by atoms with E-state index in [4.69, 9.17) is 0 Å². The Bertz CT molecular complexity index is 284. The normalized spacial score (nSPS) is 19.2. The first-order valence-corrected chi connectivity index (χ1v) is 7.83. The Morgan fingerprint density at radius 3 is 2.38 bits per heavy atom. The van der Waals surface area contributed by atoms with Crippen molar-refractivity contribution in [3.05, 3.63) is 0 Å². The van der Waals surface area contributed by atoms with Crippen LogP contribution in [-0.2, 0) is 10.0 Å². The van der Waals surface area contributed by atoms with Crippen LogP contribution in [-0.4, -0.2) is 56.6 Å². The minimum absolute atomic E-state index is 0.267. The first kappa shape index (κ1) is 13.9. The van der Waals surface area contributed by atoms with Crippen LogP contribution in [0, 0.1) is 0 Å². The van der Waals surface area contributed by atoms with Gasteiger partial charge >= 0.3 is 0 Å². The molecule has 0 radical (unpaired) electrons. The molecule has 0 amide bonds. The maximum Gasteiger partial charge on any atom is 0.213 e. The van der Waals surface area contributed by atoms with Crippen LogP contribution in [0.1, 0.15) is 32.6 Å². The number of hydrogen-bond acceptors (Lipinski definition) is 3. The summed E-state index contributed by atoms with van der Waals surface area (Å²) in [4.78, 5) is 2.36. The maximum atomic E-state index is 11.7. The van der Waals surface area contributed by atoms with Gasteiger partial charge in [-0.3, -0.25) is 0 Å². The lowest BCUT2D eigenvalue weighted by Gasteiger charge is -2.28. The number of hydrogen-bond donors (Lipinski definition) is 0. The van der Waals surface area contributed by atoms with Crippen molar-refractivity contribution in [3.63, 3.8) is 0 Å². The van der Waals surface area contributed by atoms with Crippen molar-refractivity contribution in [2.24, 2.45) is 0 Å². The van der Waals surface area contributed by atoms with Gasteiger partial charge in [0, 0.05) is 20.1 Å². The third-order valence-corrected chi connectivity index (χ3v) is 5.17. The zero-order chi connectivity index (χ0) is 12.0. The average Bonchev–Trinajstić information content (AvgIpc) is 2.27. The van der Waals surface area contributed by atoms with Crippen molar-refractivity contribution in [1.29, 1.82) is 0 Å². The molecule has 1 aliphatic heterocycles. The molecule has 96 valence electrons. The number of likely N-dealkylation sites (tertiary alicyclic amines) is 1. The van der Waals surface area contributed by atoms with Gasteiger partial charge in [-0.25, -0.2) is 12.7 Å². The van der Waals surface area contributed by atoms with Gasteiger partial charge in [-0.2, -0.15) is 0 Å². The zero-order valence-electron chi connectivity index (χ0n) is 10.5. The molecule has 0 aliphatic carbocycles. The van der Waals surface area contributed by atoms with Gasteiger partial charge in [0.05, 0.1) is 5.75 Å². The zero-order valence-corrected chi connectivity index (χ0v) is 11.3. The van der Waals surface area contributed by atoms with Gasteiger partial charge in [0.25, 0.3) is 0 Å². The largest absolute Gasteiger partial charge is 0.302 e. The van der Waals surface area contributed by atoms with Gasteiger partial charge in [0.15, 0.2) is 0 Å². The maximum absolute atomic E-state index is 11.7. The molecule has 0 saturated carbocycles. The molecule has 5 heteroatoms. The highest BCUT2D eigenvalue weighted by Gasteiger charge is 2.18. The highest BCUT2D eigenvalue weighted by atomic mass is 32.2. The summed E-state index contributed by atoms with van der Waals surface area (Å²) < 4.78 is 24.9. The van der Waals surface area contributed by atoms with E-state index in [0.717, 1.165) is 19.6 Å². The van der Waals surface area contributed by atoms with E-state index in [0.29, 0.717) is 13.0 Å². The van der Waals surface area contributed by atoms with Crippen LogP contribution < -0.4 is 0 Å². The highest BCUT2D eigenvalue weighted by Crippen LogP contribution is 2.08. The number of likely N-dealkylation sites (N-methyl/N-ethyl adjacent to an activating group) is 1. The second kappa shape index (κ2) is 6.57. The van der Waals surface area contributed by atoms with E-state index >= 15 is 0 Å². The van der Waals surface area contributed by atoms with Crippen LogP contribution in [0.5, 0.6) is 0 Å². The Morgan fingerprint density at radius 1 is 1.19 bits per heavy atom. The predicted molar refractivity (Wildman–Crippen MR) is 67.0 cm³/mol. The van der Waals surface area contributed by atoms with Crippen molar-refractivity contribution in [2.75, 3.05) is 39.0 Å². The van der Waals surface area contributed by atoms with Crippen molar-refractivity contribution < 1.29 is 8.42 Å². The van der Waals surface area contributed by atoms with Gasteiger partial charge in [0.1, 0.15) is 0 Å². The van der Waals surface area contributed by atoms with Crippen molar-refractivity contribution in [3.8, 4) is 0 Å². The molecule has 1 fully saturated rings. The van der Waals surface area contributed by atoms with Gasteiger partial charge in [0.2, 0.25) is 10.0 Å². The third-order valence-electron chi connectivity index (χ3n) is 3.12. The molecule has 4 nitrogen and oxygen atoms in total. The standard InChI is InChI=1S/C11H24N2O2S/c1-3-11-16(14,15)12(2)9-10-13-7-5-4-6-8-13/h3-11H2,1-2H3. The fourth-order valence-corrected chi connectivity index (χ4v) is 3.21. The number of nitrogens with zero attached hydrogens (tertiary/aromatic N) is 2. The van der Waals surface area contributed by atoms with Crippen LogP contribution in [0.15, 0.2) is 0 Å². The van der Waals surface area contributed by atoms with Gasteiger partial charge in [-0.05, 0) is 32.4 Å². The molecule has 16 heavy (non-hydrogen) atoms. The van der Waals surface area contributed by atoms with E-state index in [-0.39, 0.29) is 5.75 Å². The molecular weight excluding hydrogens is 224 g/mol. The lowest BCUT2D eigenvalue weighted by atomic mass is 10.1. The Labute approximate surface area is 99.7 Å². The summed E-state index contributed by atoms with van der Waals surface area (Å²) in [6, 6.07) is 0. The van der Waals surface area contributed by atoms with E-state index < -0.39 is 10.0 Å². The van der Waals surface area contributed by atoms with Gasteiger partial charge < -0.3 is 4.90 Å². The Morgan fingerprint density at radius 2 is 1.81 bits per heavy atom. The molecular formula is C11H24N2O2S. The van der Waals surface area contributed by atoms with Crippen molar-refractivity contribution in [1.82, 2.24) is 9.21 Å². The summed E-state index contributed by atoms with van der Waals surface area (Å²) in [6.07, 6.45) is 4.52. The first-order valence-electron chi connectivity index (χ1n) is 6.22. The van der Waals surface area contributed by atoms with Crippen molar-refractivity contribution >= 4 is 10.0 Å². The average molecular weight is 248 g/mol. The summed E-state index contributed by atoms with van der Waals surface area (Å²) in [5.74, 6) is 0.267. The summed E-state index contributed by atoms with van der Waals surface area (Å²) in [6.45, 7) is 5.65. The van der Waals surface area contributed by atoms with Crippen LogP contribution in [0.2, 0.25) is 0 Å². The molecule has 0 spiro atoms. The van der Waals surface area contributed by atoms with Gasteiger partial charge in [-0.1, -0.05) is 13.3 Å². The summed E-state index contributed by atoms with van der Waals surface area (Å²) in [5, 5.41) is 0. The van der Waals surface area contributed by atoms with E-state index in [1.165, 1.54) is 23.6 Å². The third kappa shape index (κ3) is 4.39. The van der Waals surface area contributed by atoms with Crippen LogP contribution in [0.3, 0.4) is 0 Å². The minimum Gasteiger partial charge on any atom is -0.302 e. The van der Waals surface area contributed by atoms with E-state index in [1.54, 1.807) is 7.05 Å². The predicted octanol–water partition coefficient (Wildman–Crippen LogP) is 1.14. The summed E-state index contributed by atoms with van der Waals surface area (Å²) >= 11 is 0. The summed E-state index contributed by atoms with van der Waals surface area (Å²) in [5.41, 5.74) is 0. The number of sulfonamides is 1. The van der Waals surface area contributed by atoms with Crippen LogP contribution in [0.25, 0.3) is 0 Å². The van der Waals surface area contributed by atoms with E-state index in [2.05, 4.69) is 4.90 Å². The Balaban J connectivity index is 2.30. The lowest BCUT2D eigenvalue weighted by molar-refractivity contribution is 0.218. The smallest absolute Gasteiger partial charge is 0.213 e. The monoisotopic (exact) mass is 248 g/mol. The molecule has 0 aromatic heterocycles. The second-order valence-corrected chi connectivity index (χ2v) is 6.74. The molecule has 0 aromatic rings. The topological polar surface area (TPSA) is 40.6 Å². The fraction of sp³-hybridized carbons (Fsp3) is 1.00. The SMILES string of the molecule is CCCS(=O)(=O)N(C)CCN1CCCCC1. The summed E-state index contributed by atoms with van der Waals surface area (Å²) in [7, 11) is -1.32. The number of rotatable bonds is 6. The quantitative estimate of drug-likeness (QED) is 0.708. The molecule has 0 aromatic carbocycles. The van der Waals surface area contributed by atoms with E-state index in [1.807, 2.05) is 6.92 Å². The fourth-order valence-electron chi connectivity index (χ4n) is 2.02. The van der Waals surface area contributed by atoms with Crippen LogP contribution in [0.4, 0.5) is 0 Å². The van der Waals surface area contributed by atoms with Crippen LogP contribution >= 0.6 is 0 Å². The molecule has 0 atom stereocenters. The molecule has 0 N–H and O–H groups in total. The molecule has 1 aliphatic rings. The van der Waals surface area contributed by atoms with Crippen molar-refractivity contribution in [2.45, 2.75) is 32.6 Å². The first-order chi connectivity index (χ1) is 7.56. The molecule has 1 rings (SSSR count). The Hall–Kier alpha value is -0.130. The highest BCUT2D eigenvalue weighted by molar-refractivity contribution is 7.89. The second-order valence-electron chi connectivity index (χ2n) is 4.54. The number of piperidine rings is 1. The minimum atomic E-state index is -3.00. The molecule has 1 saturated heterocycles. The molecule has 0 bridgehead atoms. The molecule has 1 heterocycles. The molecule has 0 unspecified atom stereocenters. The lowest BCUT2D eigenvalue weighted by Crippen LogP contribution is -2.39. The van der Waals surface area contributed by atoms with Gasteiger partial charge in [-0.15, -0.1) is 0 Å². The Kier molecular flexibility index (Phi) is 5.72. The van der Waals surface area contributed by atoms with E-state index in [9.17, 15) is 8.42 Å².